The number of nitrogens with zero attached hydrogens (tertiary/aromatic N) is 2. The van der Waals surface area contributed by atoms with Gasteiger partial charge >= 0.3 is 6.01 Å². The van der Waals surface area contributed by atoms with E-state index in [1.54, 1.807) is 25.1 Å². The lowest BCUT2D eigenvalue weighted by molar-refractivity contribution is -0.122. The Hall–Kier alpha value is -2.38. The number of anilines is 1. The molecule has 0 unspecified atom stereocenters. The van der Waals surface area contributed by atoms with E-state index in [2.05, 4.69) is 31.4 Å². The van der Waals surface area contributed by atoms with Crippen molar-refractivity contribution in [2.45, 2.75) is 20.0 Å². The number of amides is 1. The number of rotatable bonds is 5. The van der Waals surface area contributed by atoms with Crippen LogP contribution in [0.2, 0.25) is 5.02 Å². The van der Waals surface area contributed by atoms with Crippen LogP contribution in [0.5, 0.6) is 5.75 Å². The number of hydrogen-bond donors (Lipinski definition) is 1. The first-order valence-electron chi connectivity index (χ1n) is 7.75. The molecule has 1 aromatic heterocycles. The van der Waals surface area contributed by atoms with Crippen LogP contribution >= 0.6 is 27.5 Å². The van der Waals surface area contributed by atoms with Crippen molar-refractivity contribution in [3.63, 3.8) is 0 Å². The number of aryl methyl sites for hydroxylation is 1. The minimum absolute atomic E-state index is 0.00764. The molecule has 1 atom stereocenters. The summed E-state index contributed by atoms with van der Waals surface area (Å²) in [5.41, 5.74) is 1.58. The van der Waals surface area contributed by atoms with E-state index >= 15 is 0 Å². The Balaban J connectivity index is 1.66. The number of benzene rings is 2. The van der Waals surface area contributed by atoms with E-state index in [4.69, 9.17) is 20.8 Å². The minimum atomic E-state index is -0.754. The second-order valence-corrected chi connectivity index (χ2v) is 6.93. The Morgan fingerprint density at radius 3 is 2.81 bits per heavy atom. The van der Waals surface area contributed by atoms with Crippen LogP contribution in [0.1, 0.15) is 12.5 Å². The topological polar surface area (TPSA) is 77.2 Å². The normalized spacial score (nSPS) is 11.8. The van der Waals surface area contributed by atoms with Crippen molar-refractivity contribution in [3.8, 4) is 17.2 Å². The standard InChI is InChI=1S/C18H15BrClN3O3/c1-10-8-14(20)6-7-15(10)25-11(2)16(24)21-18-23-22-17(26-18)12-4-3-5-13(19)9-12/h3-9,11H,1-2H3,(H,21,23,24)/t11-/m0/s1. The number of carbonyl (C=O) groups is 1. The summed E-state index contributed by atoms with van der Waals surface area (Å²) < 4.78 is 12.0. The quantitative estimate of drug-likeness (QED) is 0.617. The van der Waals surface area contributed by atoms with Gasteiger partial charge in [-0.05, 0) is 55.8 Å². The maximum absolute atomic E-state index is 12.3. The number of ether oxygens (including phenoxy) is 1. The Bertz CT molecular complexity index is 945. The molecule has 3 aromatic rings. The minimum Gasteiger partial charge on any atom is -0.481 e. The molecule has 2 aromatic carbocycles. The highest BCUT2D eigenvalue weighted by Gasteiger charge is 2.19. The molecule has 1 amide bonds. The lowest BCUT2D eigenvalue weighted by atomic mass is 10.2. The largest absolute Gasteiger partial charge is 0.481 e. The molecule has 0 aliphatic heterocycles. The average molecular weight is 437 g/mol. The molecule has 0 bridgehead atoms. The summed E-state index contributed by atoms with van der Waals surface area (Å²) >= 11 is 9.30. The first kappa shape index (κ1) is 18.4. The summed E-state index contributed by atoms with van der Waals surface area (Å²) in [5, 5.41) is 10.9. The van der Waals surface area contributed by atoms with Gasteiger partial charge in [0.2, 0.25) is 5.89 Å². The zero-order chi connectivity index (χ0) is 18.7. The van der Waals surface area contributed by atoms with E-state index in [9.17, 15) is 4.79 Å². The Morgan fingerprint density at radius 2 is 2.08 bits per heavy atom. The number of aromatic nitrogens is 2. The second kappa shape index (κ2) is 7.88. The molecule has 3 rings (SSSR count). The van der Waals surface area contributed by atoms with Gasteiger partial charge in [-0.1, -0.05) is 38.7 Å². The highest BCUT2D eigenvalue weighted by molar-refractivity contribution is 9.10. The van der Waals surface area contributed by atoms with Gasteiger partial charge in [0.15, 0.2) is 6.10 Å². The molecule has 0 saturated heterocycles. The van der Waals surface area contributed by atoms with Crippen molar-refractivity contribution < 1.29 is 13.9 Å². The lowest BCUT2D eigenvalue weighted by Gasteiger charge is -2.15. The van der Waals surface area contributed by atoms with Crippen LogP contribution in [0.25, 0.3) is 11.5 Å². The van der Waals surface area contributed by atoms with Gasteiger partial charge in [0.1, 0.15) is 5.75 Å². The second-order valence-electron chi connectivity index (χ2n) is 5.58. The van der Waals surface area contributed by atoms with E-state index in [0.29, 0.717) is 16.7 Å². The van der Waals surface area contributed by atoms with Crippen molar-refractivity contribution in [2.24, 2.45) is 0 Å². The summed E-state index contributed by atoms with van der Waals surface area (Å²) in [6.45, 7) is 3.49. The molecule has 1 N–H and O–H groups in total. The van der Waals surface area contributed by atoms with E-state index in [0.717, 1.165) is 15.6 Å². The summed E-state index contributed by atoms with van der Waals surface area (Å²) in [6, 6.07) is 12.6. The van der Waals surface area contributed by atoms with E-state index in [1.165, 1.54) is 0 Å². The van der Waals surface area contributed by atoms with E-state index in [1.807, 2.05) is 31.2 Å². The predicted octanol–water partition coefficient (Wildman–Crippen LogP) is 4.87. The van der Waals surface area contributed by atoms with Gasteiger partial charge in [0.25, 0.3) is 5.91 Å². The van der Waals surface area contributed by atoms with E-state index in [-0.39, 0.29) is 6.01 Å². The lowest BCUT2D eigenvalue weighted by Crippen LogP contribution is -2.30. The smallest absolute Gasteiger partial charge is 0.322 e. The number of carbonyl (C=O) groups excluding carboxylic acids is 1. The van der Waals surface area contributed by atoms with Gasteiger partial charge in [0, 0.05) is 15.1 Å². The average Bonchev–Trinajstić information content (AvgIpc) is 3.06. The van der Waals surface area contributed by atoms with Crippen LogP contribution in [0.15, 0.2) is 51.4 Å². The third-order valence-corrected chi connectivity index (χ3v) is 4.26. The van der Waals surface area contributed by atoms with Gasteiger partial charge < -0.3 is 9.15 Å². The fourth-order valence-electron chi connectivity index (χ4n) is 2.21. The Morgan fingerprint density at radius 1 is 1.27 bits per heavy atom. The zero-order valence-corrected chi connectivity index (χ0v) is 16.3. The highest BCUT2D eigenvalue weighted by Crippen LogP contribution is 2.24. The molecule has 134 valence electrons. The number of hydrogen-bond acceptors (Lipinski definition) is 5. The van der Waals surface area contributed by atoms with Gasteiger partial charge in [0.05, 0.1) is 0 Å². The highest BCUT2D eigenvalue weighted by atomic mass is 79.9. The van der Waals surface area contributed by atoms with Crippen molar-refractivity contribution in [2.75, 3.05) is 5.32 Å². The third-order valence-electron chi connectivity index (χ3n) is 3.54. The van der Waals surface area contributed by atoms with Crippen LogP contribution in [0.4, 0.5) is 6.01 Å². The van der Waals surface area contributed by atoms with Crippen LogP contribution in [0.3, 0.4) is 0 Å². The molecule has 6 nitrogen and oxygen atoms in total. The summed E-state index contributed by atoms with van der Waals surface area (Å²) in [7, 11) is 0. The molecule has 0 fully saturated rings. The SMILES string of the molecule is Cc1cc(Cl)ccc1O[C@@H](C)C(=O)Nc1nnc(-c2cccc(Br)c2)o1. The molecule has 0 radical (unpaired) electrons. The fourth-order valence-corrected chi connectivity index (χ4v) is 2.83. The zero-order valence-electron chi connectivity index (χ0n) is 14.0. The Labute approximate surface area is 163 Å². The van der Waals surface area contributed by atoms with Gasteiger partial charge in [-0.3, -0.25) is 10.1 Å². The van der Waals surface area contributed by atoms with Crippen LogP contribution < -0.4 is 10.1 Å². The summed E-state index contributed by atoms with van der Waals surface area (Å²) in [4.78, 5) is 12.3. The maximum Gasteiger partial charge on any atom is 0.322 e. The maximum atomic E-state index is 12.3. The molecule has 26 heavy (non-hydrogen) atoms. The monoisotopic (exact) mass is 435 g/mol. The van der Waals surface area contributed by atoms with Crippen LogP contribution in [0, 0.1) is 6.92 Å². The van der Waals surface area contributed by atoms with Crippen molar-refractivity contribution >= 4 is 39.5 Å². The number of nitrogens with one attached hydrogen (secondary N) is 1. The third kappa shape index (κ3) is 4.42. The van der Waals surface area contributed by atoms with E-state index < -0.39 is 12.0 Å². The van der Waals surface area contributed by atoms with Crippen molar-refractivity contribution in [1.82, 2.24) is 10.2 Å². The molecule has 0 aliphatic carbocycles. The Kier molecular flexibility index (Phi) is 5.58. The molecular weight excluding hydrogens is 422 g/mol. The first-order valence-corrected chi connectivity index (χ1v) is 8.92. The first-order chi connectivity index (χ1) is 12.4. The molecule has 1 heterocycles. The molecule has 0 spiro atoms. The summed E-state index contributed by atoms with van der Waals surface area (Å²) in [6.07, 6.45) is -0.754. The van der Waals surface area contributed by atoms with Gasteiger partial charge in [-0.25, -0.2) is 0 Å². The predicted molar refractivity (Wildman–Crippen MR) is 102 cm³/mol. The summed E-state index contributed by atoms with van der Waals surface area (Å²) in [5.74, 6) is 0.491. The van der Waals surface area contributed by atoms with Crippen molar-refractivity contribution in [1.29, 1.82) is 0 Å². The van der Waals surface area contributed by atoms with Crippen LogP contribution in [-0.4, -0.2) is 22.2 Å². The van der Waals surface area contributed by atoms with Gasteiger partial charge in [-0.15, -0.1) is 5.10 Å². The fraction of sp³-hybridized carbons (Fsp3) is 0.167. The molecule has 8 heteroatoms. The van der Waals surface area contributed by atoms with Crippen molar-refractivity contribution in [3.05, 3.63) is 57.5 Å². The molecule has 0 saturated carbocycles. The molecule has 0 aliphatic rings. The van der Waals surface area contributed by atoms with Crippen LogP contribution in [-0.2, 0) is 4.79 Å². The number of halogens is 2. The molecular formula is C18H15BrClN3O3. The van der Waals surface area contributed by atoms with Gasteiger partial charge in [-0.2, -0.15) is 0 Å².